The number of ether oxygens (including phenoxy) is 2. The van der Waals surface area contributed by atoms with E-state index in [-0.39, 0.29) is 24.3 Å². The van der Waals surface area contributed by atoms with Crippen LogP contribution in [0.2, 0.25) is 0 Å². The van der Waals surface area contributed by atoms with Gasteiger partial charge in [0.2, 0.25) is 17.8 Å². The van der Waals surface area contributed by atoms with E-state index in [0.717, 1.165) is 93.4 Å². The Morgan fingerprint density at radius 3 is 2.75 bits per heavy atom. The highest BCUT2D eigenvalue weighted by molar-refractivity contribution is 6.05. The Labute approximate surface area is 255 Å². The third-order valence-corrected chi connectivity index (χ3v) is 9.95. The monoisotopic (exact) mass is 596 g/mol. The second-order valence-electron chi connectivity index (χ2n) is 13.0. The zero-order valence-electron chi connectivity index (χ0n) is 24.7. The molecule has 11 heteroatoms. The molecule has 228 valence electrons. The summed E-state index contributed by atoms with van der Waals surface area (Å²) in [7, 11) is 0. The molecule has 1 unspecified atom stereocenters. The van der Waals surface area contributed by atoms with Gasteiger partial charge in [0.05, 0.1) is 5.52 Å². The van der Waals surface area contributed by atoms with Crippen molar-refractivity contribution in [3.05, 3.63) is 59.3 Å². The summed E-state index contributed by atoms with van der Waals surface area (Å²) in [5.74, 6) is 0.697. The van der Waals surface area contributed by atoms with E-state index in [1.807, 2.05) is 18.3 Å². The minimum atomic E-state index is -0.616. The van der Waals surface area contributed by atoms with Gasteiger partial charge in [0.15, 0.2) is 0 Å². The maximum atomic E-state index is 13.0. The van der Waals surface area contributed by atoms with Gasteiger partial charge in [-0.2, -0.15) is 0 Å². The summed E-state index contributed by atoms with van der Waals surface area (Å²) in [6.07, 6.45) is 5.77. The van der Waals surface area contributed by atoms with Gasteiger partial charge in [-0.3, -0.25) is 24.6 Å². The van der Waals surface area contributed by atoms with Crippen molar-refractivity contribution < 1.29 is 23.9 Å². The fourth-order valence-corrected chi connectivity index (χ4v) is 7.46. The highest BCUT2D eigenvalue weighted by Crippen LogP contribution is 2.41. The molecule has 0 saturated carbocycles. The lowest BCUT2D eigenvalue weighted by Crippen LogP contribution is -2.59. The zero-order chi connectivity index (χ0) is 29.8. The molecule has 4 fully saturated rings. The number of fused-ring (bicyclic) bond motifs is 2. The van der Waals surface area contributed by atoms with E-state index in [0.29, 0.717) is 23.9 Å². The molecule has 3 aromatic rings. The predicted molar refractivity (Wildman–Crippen MR) is 161 cm³/mol. The molecule has 8 rings (SSSR count). The summed E-state index contributed by atoms with van der Waals surface area (Å²) in [6, 6.07) is 11.4. The molecule has 11 nitrogen and oxygen atoms in total. The quantitative estimate of drug-likeness (QED) is 0.429. The minimum absolute atomic E-state index is 0.0540. The number of nitrogens with zero attached hydrogens (tertiary/aromatic N) is 5. The van der Waals surface area contributed by atoms with Crippen LogP contribution in [0.5, 0.6) is 5.75 Å². The molecule has 1 spiro atoms. The number of imide groups is 1. The molecule has 0 aliphatic carbocycles. The van der Waals surface area contributed by atoms with Crippen LogP contribution >= 0.6 is 0 Å². The molecule has 1 aromatic heterocycles. The van der Waals surface area contributed by atoms with Crippen molar-refractivity contribution in [1.29, 1.82) is 0 Å². The Kier molecular flexibility index (Phi) is 6.75. The first-order chi connectivity index (χ1) is 21.4. The second-order valence-corrected chi connectivity index (χ2v) is 13.0. The molecule has 4 saturated heterocycles. The molecule has 5 aliphatic heterocycles. The number of likely N-dealkylation sites (tertiary alicyclic amines) is 1. The third kappa shape index (κ3) is 5.07. The number of carbonyl (C=O) groups excluding carboxylic acids is 3. The SMILES string of the molecule is O=C1CCC(N2Cc3cc(O[C@H]4CCN(Cc5ccc6nc(N7CC8(CCOCC8)C7)ncc6c5)C4)ccc3C2=O)C(=O)N1. The lowest BCUT2D eigenvalue weighted by atomic mass is 9.73. The highest BCUT2D eigenvalue weighted by Gasteiger charge is 2.45. The predicted octanol–water partition coefficient (Wildman–Crippen LogP) is 2.66. The first-order valence-corrected chi connectivity index (χ1v) is 15.7. The smallest absolute Gasteiger partial charge is 0.255 e. The van der Waals surface area contributed by atoms with Crippen LogP contribution in [0.3, 0.4) is 0 Å². The third-order valence-electron chi connectivity index (χ3n) is 9.95. The Morgan fingerprint density at radius 1 is 1.05 bits per heavy atom. The summed E-state index contributed by atoms with van der Waals surface area (Å²) in [5.41, 5.74) is 4.03. The first kappa shape index (κ1) is 27.5. The van der Waals surface area contributed by atoms with Gasteiger partial charge in [-0.05, 0) is 67.1 Å². The number of hydrogen-bond donors (Lipinski definition) is 1. The van der Waals surface area contributed by atoms with Crippen LogP contribution in [0.15, 0.2) is 42.6 Å². The lowest BCUT2D eigenvalue weighted by molar-refractivity contribution is -0.136. The number of anilines is 1. The number of piperidine rings is 1. The molecule has 2 aromatic carbocycles. The standard InChI is InChI=1S/C33H36N6O5/c40-29-6-5-28(30(41)36-29)39-17-23-14-24(2-3-26(23)31(39)42)44-25-7-10-37(18-25)16-21-1-4-27-22(13-21)15-34-32(35-27)38-19-33(20-38)8-11-43-12-9-33/h1-4,13-15,25,28H,5-12,16-20H2,(H,36,40,41)/t25-,28?/m0/s1. The fraction of sp³-hybridized carbons (Fsp3) is 0.485. The van der Waals surface area contributed by atoms with Crippen LogP contribution in [0.4, 0.5) is 5.95 Å². The summed E-state index contributed by atoms with van der Waals surface area (Å²) in [6.45, 7) is 6.68. The molecular weight excluding hydrogens is 560 g/mol. The average Bonchev–Trinajstić information content (AvgIpc) is 3.59. The molecule has 5 aliphatic rings. The molecule has 6 heterocycles. The molecule has 0 radical (unpaired) electrons. The number of carbonyl (C=O) groups is 3. The van der Waals surface area contributed by atoms with E-state index in [1.54, 1.807) is 11.0 Å². The van der Waals surface area contributed by atoms with Gasteiger partial charge in [-0.1, -0.05) is 6.07 Å². The zero-order valence-corrected chi connectivity index (χ0v) is 24.7. The van der Waals surface area contributed by atoms with Crippen LogP contribution in [-0.2, 0) is 27.4 Å². The van der Waals surface area contributed by atoms with Gasteiger partial charge in [0.1, 0.15) is 17.9 Å². The number of nitrogens with one attached hydrogen (secondary N) is 1. The van der Waals surface area contributed by atoms with Crippen LogP contribution in [0, 0.1) is 5.41 Å². The van der Waals surface area contributed by atoms with Crippen molar-refractivity contribution in [1.82, 2.24) is 25.1 Å². The van der Waals surface area contributed by atoms with Crippen molar-refractivity contribution in [2.24, 2.45) is 5.41 Å². The number of amides is 3. The van der Waals surface area contributed by atoms with Crippen LogP contribution in [-0.4, -0.2) is 89.0 Å². The molecule has 1 N–H and O–H groups in total. The maximum Gasteiger partial charge on any atom is 0.255 e. The van der Waals surface area contributed by atoms with Crippen molar-refractivity contribution >= 4 is 34.6 Å². The number of benzene rings is 2. The Bertz CT molecular complexity index is 1650. The van der Waals surface area contributed by atoms with Crippen LogP contribution in [0.25, 0.3) is 10.9 Å². The summed E-state index contributed by atoms with van der Waals surface area (Å²) in [4.78, 5) is 52.7. The molecular formula is C33H36N6O5. The van der Waals surface area contributed by atoms with E-state index in [2.05, 4.69) is 33.3 Å². The molecule has 2 atom stereocenters. The molecule has 44 heavy (non-hydrogen) atoms. The number of rotatable bonds is 6. The fourth-order valence-electron chi connectivity index (χ4n) is 7.46. The Balaban J connectivity index is 0.864. The molecule has 3 amide bonds. The topological polar surface area (TPSA) is 117 Å². The van der Waals surface area contributed by atoms with Gasteiger partial charge < -0.3 is 19.3 Å². The van der Waals surface area contributed by atoms with Gasteiger partial charge in [0, 0.05) is 81.5 Å². The van der Waals surface area contributed by atoms with Gasteiger partial charge in [0.25, 0.3) is 5.91 Å². The van der Waals surface area contributed by atoms with E-state index in [4.69, 9.17) is 19.4 Å². The van der Waals surface area contributed by atoms with Crippen LogP contribution in [0.1, 0.15) is 53.6 Å². The molecule has 0 bridgehead atoms. The van der Waals surface area contributed by atoms with E-state index in [9.17, 15) is 14.4 Å². The van der Waals surface area contributed by atoms with E-state index >= 15 is 0 Å². The summed E-state index contributed by atoms with van der Waals surface area (Å²) >= 11 is 0. The summed E-state index contributed by atoms with van der Waals surface area (Å²) < 4.78 is 11.9. The average molecular weight is 597 g/mol. The number of hydrogen-bond acceptors (Lipinski definition) is 9. The maximum absolute atomic E-state index is 13.0. The Hall–Kier alpha value is -4.09. The summed E-state index contributed by atoms with van der Waals surface area (Å²) in [5, 5.41) is 3.41. The van der Waals surface area contributed by atoms with Crippen molar-refractivity contribution in [3.63, 3.8) is 0 Å². The first-order valence-electron chi connectivity index (χ1n) is 15.7. The van der Waals surface area contributed by atoms with Crippen molar-refractivity contribution in [3.8, 4) is 5.75 Å². The highest BCUT2D eigenvalue weighted by atomic mass is 16.5. The van der Waals surface area contributed by atoms with Gasteiger partial charge in [-0.15, -0.1) is 0 Å². The Morgan fingerprint density at radius 2 is 1.91 bits per heavy atom. The van der Waals surface area contributed by atoms with E-state index < -0.39 is 11.9 Å². The van der Waals surface area contributed by atoms with Crippen molar-refractivity contribution in [2.45, 2.75) is 57.3 Å². The van der Waals surface area contributed by atoms with Crippen molar-refractivity contribution in [2.75, 3.05) is 44.3 Å². The largest absolute Gasteiger partial charge is 0.489 e. The number of aromatic nitrogens is 2. The minimum Gasteiger partial charge on any atom is -0.489 e. The second kappa shape index (κ2) is 10.8. The normalized spacial score (nSPS) is 25.0. The lowest BCUT2D eigenvalue weighted by Gasteiger charge is -2.52. The van der Waals surface area contributed by atoms with Gasteiger partial charge in [-0.25, -0.2) is 9.97 Å². The van der Waals surface area contributed by atoms with Crippen LogP contribution < -0.4 is 15.0 Å². The van der Waals surface area contributed by atoms with E-state index in [1.165, 1.54) is 5.56 Å². The van der Waals surface area contributed by atoms with Gasteiger partial charge >= 0.3 is 0 Å².